The number of allylic oxidation sites excluding steroid dienone is 2. The number of rotatable bonds is 8. The normalized spacial score (nSPS) is 14.6. The van der Waals surface area contributed by atoms with Crippen LogP contribution < -0.4 is 0 Å². The zero-order valence-electron chi connectivity index (χ0n) is 10.3. The standard InChI is InChI=1S/C13H23Cl3/c1-3-5-6-7-8-9-11-12(10-4-2)13(14,15)16/h4,10,12H,3,5-9,11H2,1-2H3. The third-order valence-electron chi connectivity index (χ3n) is 2.71. The third kappa shape index (κ3) is 8.73. The molecular weight excluding hydrogens is 263 g/mol. The lowest BCUT2D eigenvalue weighted by molar-refractivity contribution is 0.523. The summed E-state index contributed by atoms with van der Waals surface area (Å²) in [6.45, 7) is 4.19. The van der Waals surface area contributed by atoms with Gasteiger partial charge in [-0.25, -0.2) is 0 Å². The first kappa shape index (κ1) is 16.6. The molecule has 0 saturated carbocycles. The van der Waals surface area contributed by atoms with E-state index < -0.39 is 3.79 Å². The highest BCUT2D eigenvalue weighted by Gasteiger charge is 2.29. The van der Waals surface area contributed by atoms with Crippen LogP contribution in [0.1, 0.15) is 58.8 Å². The smallest absolute Gasteiger partial charge is 0.0912 e. The monoisotopic (exact) mass is 284 g/mol. The van der Waals surface area contributed by atoms with E-state index in [9.17, 15) is 0 Å². The van der Waals surface area contributed by atoms with E-state index >= 15 is 0 Å². The Balaban J connectivity index is 3.70. The fourth-order valence-electron chi connectivity index (χ4n) is 1.75. The minimum absolute atomic E-state index is 0.0497. The molecule has 96 valence electrons. The molecule has 0 aromatic rings. The van der Waals surface area contributed by atoms with E-state index in [0.717, 1.165) is 12.8 Å². The minimum atomic E-state index is -1.16. The molecule has 1 atom stereocenters. The predicted octanol–water partition coefficient (Wildman–Crippen LogP) is 6.30. The summed E-state index contributed by atoms with van der Waals surface area (Å²) in [4.78, 5) is 0. The molecule has 0 nitrogen and oxygen atoms in total. The van der Waals surface area contributed by atoms with Gasteiger partial charge in [0.2, 0.25) is 0 Å². The molecule has 0 aromatic heterocycles. The molecule has 0 aromatic carbocycles. The maximum Gasteiger partial charge on any atom is 0.196 e. The van der Waals surface area contributed by atoms with Crippen LogP contribution in [-0.2, 0) is 0 Å². The summed E-state index contributed by atoms with van der Waals surface area (Å²) in [6, 6.07) is 0. The van der Waals surface area contributed by atoms with Gasteiger partial charge < -0.3 is 0 Å². The topological polar surface area (TPSA) is 0 Å². The summed E-state index contributed by atoms with van der Waals surface area (Å²) >= 11 is 17.8. The van der Waals surface area contributed by atoms with Crippen LogP contribution in [0.2, 0.25) is 0 Å². The summed E-state index contributed by atoms with van der Waals surface area (Å²) in [7, 11) is 0. The van der Waals surface area contributed by atoms with E-state index in [2.05, 4.69) is 6.92 Å². The Morgan fingerprint density at radius 1 is 1.00 bits per heavy atom. The molecule has 0 aliphatic carbocycles. The number of alkyl halides is 3. The Hall–Kier alpha value is 0.610. The molecule has 0 saturated heterocycles. The number of hydrogen-bond acceptors (Lipinski definition) is 0. The molecule has 16 heavy (non-hydrogen) atoms. The second-order valence-electron chi connectivity index (χ2n) is 4.23. The molecule has 0 fully saturated rings. The molecule has 1 unspecified atom stereocenters. The van der Waals surface area contributed by atoms with Crippen LogP contribution in [0.4, 0.5) is 0 Å². The summed E-state index contributed by atoms with van der Waals surface area (Å²) in [5.74, 6) is 0.0497. The van der Waals surface area contributed by atoms with Gasteiger partial charge in [0, 0.05) is 5.92 Å². The minimum Gasteiger partial charge on any atom is -0.0912 e. The molecule has 0 aliphatic rings. The molecule has 0 bridgehead atoms. The molecule has 0 radical (unpaired) electrons. The second kappa shape index (κ2) is 9.62. The Labute approximate surface area is 115 Å². The van der Waals surface area contributed by atoms with E-state index in [1.54, 1.807) is 0 Å². The molecule has 0 spiro atoms. The van der Waals surface area contributed by atoms with Gasteiger partial charge in [0.25, 0.3) is 0 Å². The van der Waals surface area contributed by atoms with Crippen LogP contribution in [0.25, 0.3) is 0 Å². The molecule has 0 heterocycles. The SMILES string of the molecule is CC=CC(CCCCCCCC)C(Cl)(Cl)Cl. The van der Waals surface area contributed by atoms with Crippen molar-refractivity contribution < 1.29 is 0 Å². The van der Waals surface area contributed by atoms with Gasteiger partial charge in [-0.2, -0.15) is 0 Å². The summed E-state index contributed by atoms with van der Waals surface area (Å²) < 4.78 is -1.16. The zero-order chi connectivity index (χ0) is 12.4. The lowest BCUT2D eigenvalue weighted by Gasteiger charge is -2.21. The molecular formula is C13H23Cl3. The van der Waals surface area contributed by atoms with Crippen molar-refractivity contribution >= 4 is 34.8 Å². The maximum absolute atomic E-state index is 5.92. The van der Waals surface area contributed by atoms with Crippen LogP contribution in [0.5, 0.6) is 0 Å². The highest BCUT2D eigenvalue weighted by atomic mass is 35.6. The van der Waals surface area contributed by atoms with E-state index in [-0.39, 0.29) is 5.92 Å². The van der Waals surface area contributed by atoms with Crippen molar-refractivity contribution in [3.8, 4) is 0 Å². The maximum atomic E-state index is 5.92. The van der Waals surface area contributed by atoms with Crippen LogP contribution in [0, 0.1) is 5.92 Å². The van der Waals surface area contributed by atoms with Crippen molar-refractivity contribution in [1.29, 1.82) is 0 Å². The Morgan fingerprint density at radius 3 is 2.06 bits per heavy atom. The van der Waals surface area contributed by atoms with Gasteiger partial charge in [-0.3, -0.25) is 0 Å². The van der Waals surface area contributed by atoms with Crippen LogP contribution >= 0.6 is 34.8 Å². The van der Waals surface area contributed by atoms with E-state index in [1.165, 1.54) is 32.1 Å². The van der Waals surface area contributed by atoms with Crippen molar-refractivity contribution in [3.63, 3.8) is 0 Å². The fourth-order valence-corrected chi connectivity index (χ4v) is 2.29. The molecule has 0 aliphatic heterocycles. The van der Waals surface area contributed by atoms with E-state index in [4.69, 9.17) is 34.8 Å². The second-order valence-corrected chi connectivity index (χ2v) is 6.60. The van der Waals surface area contributed by atoms with E-state index in [1.807, 2.05) is 19.1 Å². The largest absolute Gasteiger partial charge is 0.196 e. The first-order chi connectivity index (χ1) is 7.52. The predicted molar refractivity (Wildman–Crippen MR) is 76.6 cm³/mol. The van der Waals surface area contributed by atoms with Gasteiger partial charge in [0.1, 0.15) is 0 Å². The van der Waals surface area contributed by atoms with Crippen LogP contribution in [0.3, 0.4) is 0 Å². The van der Waals surface area contributed by atoms with Crippen molar-refractivity contribution in [2.24, 2.45) is 5.92 Å². The van der Waals surface area contributed by atoms with Gasteiger partial charge in [0.05, 0.1) is 0 Å². The first-order valence-electron chi connectivity index (χ1n) is 6.21. The van der Waals surface area contributed by atoms with Crippen molar-refractivity contribution in [2.45, 2.75) is 62.6 Å². The van der Waals surface area contributed by atoms with Gasteiger partial charge in [-0.1, -0.05) is 92.4 Å². The Bertz CT molecular complexity index is 182. The number of hydrogen-bond donors (Lipinski definition) is 0. The summed E-state index contributed by atoms with van der Waals surface area (Å²) in [5, 5.41) is 0. The van der Waals surface area contributed by atoms with Gasteiger partial charge >= 0.3 is 0 Å². The highest BCUT2D eigenvalue weighted by molar-refractivity contribution is 6.67. The highest BCUT2D eigenvalue weighted by Crippen LogP contribution is 2.38. The van der Waals surface area contributed by atoms with Crippen molar-refractivity contribution in [1.82, 2.24) is 0 Å². The Kier molecular flexibility index (Phi) is 9.99. The zero-order valence-corrected chi connectivity index (χ0v) is 12.6. The van der Waals surface area contributed by atoms with E-state index in [0.29, 0.717) is 0 Å². The van der Waals surface area contributed by atoms with Crippen LogP contribution in [-0.4, -0.2) is 3.79 Å². The summed E-state index contributed by atoms with van der Waals surface area (Å²) in [6.07, 6.45) is 12.6. The quantitative estimate of drug-likeness (QED) is 0.279. The molecule has 0 amide bonds. The average molecular weight is 286 g/mol. The number of unbranched alkanes of at least 4 members (excludes halogenated alkanes) is 5. The van der Waals surface area contributed by atoms with Gasteiger partial charge in [-0.15, -0.1) is 0 Å². The third-order valence-corrected chi connectivity index (χ3v) is 3.55. The van der Waals surface area contributed by atoms with Gasteiger partial charge in [0.15, 0.2) is 3.79 Å². The van der Waals surface area contributed by atoms with Gasteiger partial charge in [-0.05, 0) is 13.3 Å². The molecule has 3 heteroatoms. The molecule has 0 N–H and O–H groups in total. The average Bonchev–Trinajstić information content (AvgIpc) is 2.20. The first-order valence-corrected chi connectivity index (χ1v) is 7.35. The number of halogens is 3. The molecule has 0 rings (SSSR count). The van der Waals surface area contributed by atoms with Crippen molar-refractivity contribution in [3.05, 3.63) is 12.2 Å². The Morgan fingerprint density at radius 2 is 1.56 bits per heavy atom. The summed E-state index contributed by atoms with van der Waals surface area (Å²) in [5.41, 5.74) is 0. The lowest BCUT2D eigenvalue weighted by atomic mass is 10.0. The fraction of sp³-hybridized carbons (Fsp3) is 0.846. The van der Waals surface area contributed by atoms with Crippen molar-refractivity contribution in [2.75, 3.05) is 0 Å². The van der Waals surface area contributed by atoms with Crippen LogP contribution in [0.15, 0.2) is 12.2 Å². The lowest BCUT2D eigenvalue weighted by Crippen LogP contribution is -2.16.